The van der Waals surface area contributed by atoms with E-state index in [4.69, 9.17) is 28.9 Å². The largest absolute Gasteiger partial charge is 0.457 e. The fraction of sp³-hybridized carbons (Fsp3) is 0.145. The number of benzene rings is 9. The third kappa shape index (κ3) is 8.00. The number of anilines is 4. The van der Waals surface area contributed by atoms with Crippen molar-refractivity contribution in [3.8, 4) is 45.3 Å². The van der Waals surface area contributed by atoms with Gasteiger partial charge in [0.2, 0.25) is 0 Å². The number of fused-ring (bicyclic) bond motifs is 7. The minimum atomic E-state index is -2.92. The predicted octanol–water partition coefficient (Wildman–Crippen LogP) is 18.6. The molecule has 12 aromatic rings. The number of hydrogen-bond acceptors (Lipinski definition) is 4. The zero-order valence-electron chi connectivity index (χ0n) is 58.1. The van der Waals surface area contributed by atoms with E-state index in [1.165, 1.54) is 28.0 Å². The lowest BCUT2D eigenvalue weighted by atomic mass is 9.80. The van der Waals surface area contributed by atoms with Crippen LogP contribution in [0.1, 0.15) is 80.2 Å². The van der Waals surface area contributed by atoms with E-state index in [-0.39, 0.29) is 60.8 Å². The highest BCUT2D eigenvalue weighted by Gasteiger charge is 2.33. The number of para-hydroxylation sites is 3. The summed E-state index contributed by atoms with van der Waals surface area (Å²) in [7, 11) is 0. The van der Waals surface area contributed by atoms with E-state index in [2.05, 4.69) is 99.9 Å². The lowest BCUT2D eigenvalue weighted by Crippen LogP contribution is -2.25. The number of ether oxygens (including phenoxy) is 1. The van der Waals surface area contributed by atoms with Crippen LogP contribution in [0.15, 0.2) is 218 Å². The minimum Gasteiger partial charge on any atom is -0.457 e. The van der Waals surface area contributed by atoms with Crippen LogP contribution in [0.2, 0.25) is 0 Å². The maximum atomic E-state index is 9.21. The van der Waals surface area contributed by atoms with Gasteiger partial charge >= 0.3 is 0 Å². The topological polar surface area (TPSA) is 38.5 Å². The van der Waals surface area contributed by atoms with Crippen molar-refractivity contribution in [2.24, 2.45) is 0 Å². The number of nitrogens with zero attached hydrogens (tertiary/aromatic N) is 5. The molecule has 3 aromatic heterocycles. The Bertz CT molecular complexity index is 4940. The Labute approximate surface area is 461 Å². The lowest BCUT2D eigenvalue weighted by Gasteiger charge is -2.30. The summed E-state index contributed by atoms with van der Waals surface area (Å²) in [5.41, 5.74) is 8.37. The zero-order chi connectivity index (χ0) is 65.0. The molecule has 0 bridgehead atoms. The molecule has 9 aromatic carbocycles. The molecule has 1 aliphatic rings. The van der Waals surface area contributed by atoms with E-state index in [1.54, 1.807) is 34.9 Å². The van der Waals surface area contributed by atoms with Gasteiger partial charge in [-0.15, -0.1) is 0 Å². The summed E-state index contributed by atoms with van der Waals surface area (Å²) in [6, 6.07) is 35.7. The molecule has 366 valence electrons. The monoisotopic (exact) mass is 990 g/mol. The van der Waals surface area contributed by atoms with Crippen molar-refractivity contribution in [3.63, 3.8) is 0 Å². The second-order valence-corrected chi connectivity index (χ2v) is 21.0. The molecule has 0 saturated carbocycles. The van der Waals surface area contributed by atoms with E-state index in [9.17, 15) is 2.74 Å². The summed E-state index contributed by atoms with van der Waals surface area (Å²) >= 11 is 0. The number of pyridine rings is 1. The summed E-state index contributed by atoms with van der Waals surface area (Å²) in [5, 5.41) is 0.874. The molecule has 0 spiro atoms. The fourth-order valence-electron chi connectivity index (χ4n) is 10.4. The van der Waals surface area contributed by atoms with Crippen LogP contribution in [0.4, 0.5) is 22.7 Å². The molecule has 0 amide bonds. The molecule has 0 aliphatic carbocycles. The van der Waals surface area contributed by atoms with E-state index >= 15 is 0 Å². The SMILES string of the molecule is [2H]c1c([2H])c([2H])c(-c2cnc(-n3c4ccc(-n5c6c([2H])c([2H])c([2H])c([2H])c6c6c([2H])c([2H])c([2H])c([2H])c65)cc4c4ccc(Oc5cccc(N6CN(c7cc(C(C)(C)C)cc(C(C)(C)C)c7)c7c(-c8ccccc8)cccc76)c5)cc43)cc2C([2H])([2H])[2H])c([2H])c1[2H]. The summed E-state index contributed by atoms with van der Waals surface area (Å²) in [6.07, 6.45) is 1.19. The highest BCUT2D eigenvalue weighted by atomic mass is 16.5. The van der Waals surface area contributed by atoms with Crippen molar-refractivity contribution in [3.05, 3.63) is 235 Å². The molecular weight excluding hydrogens is 915 g/mol. The molecule has 1 aliphatic heterocycles. The summed E-state index contributed by atoms with van der Waals surface area (Å²) in [5.74, 6) is 0.902. The van der Waals surface area contributed by atoms with Crippen LogP contribution in [0.5, 0.6) is 11.5 Å². The Kier molecular flexibility index (Phi) is 7.46. The molecule has 13 rings (SSSR count). The Morgan fingerprint density at radius 3 is 1.89 bits per heavy atom. The predicted molar refractivity (Wildman–Crippen MR) is 314 cm³/mol. The third-order valence-electron chi connectivity index (χ3n) is 14.2. The third-order valence-corrected chi connectivity index (χ3v) is 14.2. The van der Waals surface area contributed by atoms with Gasteiger partial charge in [-0.2, -0.15) is 0 Å². The van der Waals surface area contributed by atoms with Gasteiger partial charge in [0.1, 0.15) is 24.0 Å². The average molecular weight is 990 g/mol. The van der Waals surface area contributed by atoms with Crippen LogP contribution in [0.3, 0.4) is 0 Å². The Hall–Kier alpha value is -8.87. The van der Waals surface area contributed by atoms with Gasteiger partial charge in [-0.05, 0) is 124 Å². The van der Waals surface area contributed by atoms with Crippen LogP contribution in [0.25, 0.3) is 77.4 Å². The molecular formula is C69H59N5O. The highest BCUT2D eigenvalue weighted by Crippen LogP contribution is 2.51. The first-order chi connectivity index (χ1) is 43.0. The summed E-state index contributed by atoms with van der Waals surface area (Å²) < 4.78 is 150. The Morgan fingerprint density at radius 1 is 0.480 bits per heavy atom. The smallest absolute Gasteiger partial charge is 0.137 e. The molecule has 4 heterocycles. The van der Waals surface area contributed by atoms with Gasteiger partial charge in [-0.25, -0.2) is 4.98 Å². The van der Waals surface area contributed by atoms with Crippen LogP contribution in [0, 0.1) is 6.85 Å². The van der Waals surface area contributed by atoms with Crippen molar-refractivity contribution in [1.82, 2.24) is 14.1 Å². The van der Waals surface area contributed by atoms with E-state index < -0.39 is 85.4 Å². The van der Waals surface area contributed by atoms with Gasteiger partial charge in [0.25, 0.3) is 0 Å². The van der Waals surface area contributed by atoms with Gasteiger partial charge < -0.3 is 19.1 Å². The van der Waals surface area contributed by atoms with Crippen LogP contribution < -0.4 is 14.5 Å². The molecule has 0 radical (unpaired) electrons. The number of hydrogen-bond donors (Lipinski definition) is 0. The first-order valence-corrected chi connectivity index (χ1v) is 24.8. The number of aryl methyl sites for hydroxylation is 1. The van der Waals surface area contributed by atoms with Gasteiger partial charge in [0.15, 0.2) is 0 Å². The van der Waals surface area contributed by atoms with Crippen molar-refractivity contribution in [2.45, 2.75) is 59.2 Å². The van der Waals surface area contributed by atoms with Crippen LogP contribution in [-0.2, 0) is 10.8 Å². The normalized spacial score (nSPS) is 16.1. The summed E-state index contributed by atoms with van der Waals surface area (Å²) in [6.45, 7) is 10.9. The molecule has 75 heavy (non-hydrogen) atoms. The van der Waals surface area contributed by atoms with Crippen molar-refractivity contribution >= 4 is 66.4 Å². The second kappa shape index (κ2) is 17.7. The van der Waals surface area contributed by atoms with E-state index in [0.717, 1.165) is 33.9 Å². The van der Waals surface area contributed by atoms with Crippen molar-refractivity contribution in [1.29, 1.82) is 0 Å². The molecule has 0 saturated heterocycles. The lowest BCUT2D eigenvalue weighted by molar-refractivity contribution is 0.483. The molecule has 0 N–H and O–H groups in total. The Balaban J connectivity index is 0.994. The average Bonchev–Trinajstić information content (AvgIpc) is 1.56. The molecule has 6 heteroatoms. The molecule has 0 fully saturated rings. The highest BCUT2D eigenvalue weighted by molar-refractivity contribution is 6.12. The Morgan fingerprint density at radius 2 is 1.17 bits per heavy atom. The zero-order valence-corrected chi connectivity index (χ0v) is 42.1. The van der Waals surface area contributed by atoms with Gasteiger partial charge in [-0.3, -0.25) is 4.57 Å². The first-order valence-electron chi connectivity index (χ1n) is 32.8. The molecule has 6 nitrogen and oxygen atoms in total. The number of aromatic nitrogens is 3. The first kappa shape index (κ1) is 31.7. The van der Waals surface area contributed by atoms with Gasteiger partial charge in [-0.1, -0.05) is 163 Å². The minimum absolute atomic E-state index is 0.0593. The van der Waals surface area contributed by atoms with E-state index in [1.807, 2.05) is 48.5 Å². The maximum Gasteiger partial charge on any atom is 0.137 e. The van der Waals surface area contributed by atoms with Gasteiger partial charge in [0, 0.05) is 72.2 Å². The second-order valence-electron chi connectivity index (χ2n) is 21.0. The van der Waals surface area contributed by atoms with Crippen LogP contribution in [-0.4, -0.2) is 20.8 Å². The molecule has 0 unspecified atom stereocenters. The quantitative estimate of drug-likeness (QED) is 0.152. The van der Waals surface area contributed by atoms with E-state index in [0.29, 0.717) is 40.0 Å². The fourth-order valence-corrected chi connectivity index (χ4v) is 10.4. The molecule has 0 atom stereocenters. The van der Waals surface area contributed by atoms with Crippen molar-refractivity contribution in [2.75, 3.05) is 16.5 Å². The number of rotatable bonds is 8. The van der Waals surface area contributed by atoms with Crippen LogP contribution >= 0.6 is 0 Å². The summed E-state index contributed by atoms with van der Waals surface area (Å²) in [4.78, 5) is 9.45. The van der Waals surface area contributed by atoms with Crippen molar-refractivity contribution < 1.29 is 26.7 Å². The maximum absolute atomic E-state index is 9.21. The van der Waals surface area contributed by atoms with Gasteiger partial charge in [0.05, 0.1) is 51.3 Å². The standard InChI is InChI=1S/C69H59N5O/c1-45-36-66(70-43-60(45)47-22-12-9-13-23-47)74-63-35-32-51(73-61-29-16-14-26-56(61)57-27-15-17-30-62(57)73)41-59(63)58-34-33-54(42-65(58)74)75-53-25-18-24-50(40-53)71-44-72(52-38-48(68(2,3)4)37-49(39-52)69(5,6)7)67-55(28-19-31-64(67)71)46-20-10-8-11-21-46/h8-43H,44H2,1-7H3/i1D3,9D,12D,13D,14D,15D,16D,17D,22D,23D,26D,27D,29D,30D.